The van der Waals surface area contributed by atoms with Crippen molar-refractivity contribution in [2.24, 2.45) is 11.7 Å². The first kappa shape index (κ1) is 13.2. The summed E-state index contributed by atoms with van der Waals surface area (Å²) in [5, 5.41) is 0. The fourth-order valence-corrected chi connectivity index (χ4v) is 1.78. The molecular formula is C14H22FN. The zero-order chi connectivity index (χ0) is 12.2. The standard InChI is InChI=1S/C14H22FN/c1-11(2)8-9-14(3,16)10-12-4-6-13(15)7-5-12/h4-7,11H,8-10,16H2,1-3H3. The summed E-state index contributed by atoms with van der Waals surface area (Å²) < 4.78 is 12.7. The maximum absolute atomic E-state index is 12.7. The van der Waals surface area contributed by atoms with Crippen LogP contribution in [0, 0.1) is 11.7 Å². The minimum atomic E-state index is -0.192. The zero-order valence-corrected chi connectivity index (χ0v) is 10.5. The van der Waals surface area contributed by atoms with E-state index in [4.69, 9.17) is 5.73 Å². The Kier molecular flexibility index (Phi) is 4.48. The van der Waals surface area contributed by atoms with Gasteiger partial charge in [0.1, 0.15) is 5.82 Å². The lowest BCUT2D eigenvalue weighted by molar-refractivity contribution is 0.382. The molecule has 1 rings (SSSR count). The minimum absolute atomic E-state index is 0.190. The molecule has 1 aromatic rings. The van der Waals surface area contributed by atoms with Crippen LogP contribution in [0.1, 0.15) is 39.2 Å². The molecule has 0 fully saturated rings. The number of nitrogens with two attached hydrogens (primary N) is 1. The van der Waals surface area contributed by atoms with Crippen molar-refractivity contribution in [1.82, 2.24) is 0 Å². The smallest absolute Gasteiger partial charge is 0.123 e. The Morgan fingerprint density at radius 1 is 1.25 bits per heavy atom. The maximum Gasteiger partial charge on any atom is 0.123 e. The lowest BCUT2D eigenvalue weighted by Gasteiger charge is -2.25. The largest absolute Gasteiger partial charge is 0.325 e. The molecule has 1 nitrogen and oxygen atoms in total. The molecule has 1 aromatic carbocycles. The van der Waals surface area contributed by atoms with Crippen molar-refractivity contribution in [1.29, 1.82) is 0 Å². The number of halogens is 1. The number of hydrogen-bond donors (Lipinski definition) is 1. The summed E-state index contributed by atoms with van der Waals surface area (Å²) in [6.45, 7) is 6.47. The summed E-state index contributed by atoms with van der Waals surface area (Å²) in [5.74, 6) is 0.487. The zero-order valence-electron chi connectivity index (χ0n) is 10.5. The van der Waals surface area contributed by atoms with Gasteiger partial charge in [-0.2, -0.15) is 0 Å². The maximum atomic E-state index is 12.7. The highest BCUT2D eigenvalue weighted by Crippen LogP contribution is 2.19. The summed E-state index contributed by atoms with van der Waals surface area (Å²) in [6.07, 6.45) is 2.94. The molecule has 90 valence electrons. The molecule has 2 heteroatoms. The first-order valence-electron chi connectivity index (χ1n) is 5.92. The van der Waals surface area contributed by atoms with Gasteiger partial charge in [0.15, 0.2) is 0 Å². The number of hydrogen-bond acceptors (Lipinski definition) is 1. The third kappa shape index (κ3) is 4.75. The molecule has 0 aliphatic carbocycles. The summed E-state index contributed by atoms with van der Waals surface area (Å²) in [4.78, 5) is 0. The second-order valence-electron chi connectivity index (χ2n) is 5.39. The predicted octanol–water partition coefficient (Wildman–Crippen LogP) is 3.52. The van der Waals surface area contributed by atoms with Crippen LogP contribution in [0.5, 0.6) is 0 Å². The van der Waals surface area contributed by atoms with E-state index in [0.717, 1.165) is 24.8 Å². The van der Waals surface area contributed by atoms with Crippen LogP contribution in [-0.2, 0) is 6.42 Å². The van der Waals surface area contributed by atoms with Crippen molar-refractivity contribution >= 4 is 0 Å². The molecule has 1 atom stereocenters. The van der Waals surface area contributed by atoms with Crippen LogP contribution < -0.4 is 5.73 Å². The lowest BCUT2D eigenvalue weighted by atomic mass is 9.87. The third-order valence-corrected chi connectivity index (χ3v) is 2.81. The molecule has 0 saturated carbocycles. The van der Waals surface area contributed by atoms with Gasteiger partial charge in [-0.25, -0.2) is 4.39 Å². The molecule has 0 aliphatic heterocycles. The van der Waals surface area contributed by atoms with Crippen molar-refractivity contribution in [3.05, 3.63) is 35.6 Å². The van der Waals surface area contributed by atoms with Gasteiger partial charge in [0.05, 0.1) is 0 Å². The van der Waals surface area contributed by atoms with E-state index in [9.17, 15) is 4.39 Å². The highest BCUT2D eigenvalue weighted by atomic mass is 19.1. The highest BCUT2D eigenvalue weighted by Gasteiger charge is 2.19. The Bertz CT molecular complexity index is 314. The number of rotatable bonds is 5. The van der Waals surface area contributed by atoms with E-state index >= 15 is 0 Å². The Labute approximate surface area is 97.9 Å². The lowest BCUT2D eigenvalue weighted by Crippen LogP contribution is -2.38. The first-order valence-corrected chi connectivity index (χ1v) is 5.92. The Morgan fingerprint density at radius 2 is 1.81 bits per heavy atom. The molecule has 0 aliphatic rings. The Morgan fingerprint density at radius 3 is 2.31 bits per heavy atom. The topological polar surface area (TPSA) is 26.0 Å². The van der Waals surface area contributed by atoms with Gasteiger partial charge < -0.3 is 5.73 Å². The van der Waals surface area contributed by atoms with Gasteiger partial charge in [-0.05, 0) is 49.8 Å². The monoisotopic (exact) mass is 223 g/mol. The van der Waals surface area contributed by atoms with E-state index in [0.29, 0.717) is 5.92 Å². The van der Waals surface area contributed by atoms with E-state index < -0.39 is 0 Å². The molecule has 0 aromatic heterocycles. The highest BCUT2D eigenvalue weighted by molar-refractivity contribution is 5.18. The van der Waals surface area contributed by atoms with Gasteiger partial charge in [-0.3, -0.25) is 0 Å². The second-order valence-corrected chi connectivity index (χ2v) is 5.39. The molecule has 0 heterocycles. The first-order chi connectivity index (χ1) is 7.39. The van der Waals surface area contributed by atoms with Crippen LogP contribution in [0.4, 0.5) is 4.39 Å². The SMILES string of the molecule is CC(C)CCC(C)(N)Cc1ccc(F)cc1. The van der Waals surface area contributed by atoms with Crippen LogP contribution in [-0.4, -0.2) is 5.54 Å². The minimum Gasteiger partial charge on any atom is -0.325 e. The predicted molar refractivity (Wildman–Crippen MR) is 66.8 cm³/mol. The molecular weight excluding hydrogens is 201 g/mol. The Hall–Kier alpha value is -0.890. The van der Waals surface area contributed by atoms with E-state index in [-0.39, 0.29) is 11.4 Å². The van der Waals surface area contributed by atoms with Crippen LogP contribution >= 0.6 is 0 Å². The van der Waals surface area contributed by atoms with Gasteiger partial charge in [-0.15, -0.1) is 0 Å². The van der Waals surface area contributed by atoms with Crippen LogP contribution in [0.2, 0.25) is 0 Å². The van der Waals surface area contributed by atoms with Gasteiger partial charge in [0, 0.05) is 5.54 Å². The van der Waals surface area contributed by atoms with E-state index in [1.807, 2.05) is 12.1 Å². The van der Waals surface area contributed by atoms with Crippen molar-refractivity contribution in [2.75, 3.05) is 0 Å². The average molecular weight is 223 g/mol. The fraction of sp³-hybridized carbons (Fsp3) is 0.571. The van der Waals surface area contributed by atoms with Crippen molar-refractivity contribution in [2.45, 2.75) is 45.6 Å². The quantitative estimate of drug-likeness (QED) is 0.812. The van der Waals surface area contributed by atoms with Crippen molar-refractivity contribution < 1.29 is 4.39 Å². The van der Waals surface area contributed by atoms with Crippen molar-refractivity contribution in [3.63, 3.8) is 0 Å². The van der Waals surface area contributed by atoms with Gasteiger partial charge in [-0.1, -0.05) is 26.0 Å². The summed E-state index contributed by atoms with van der Waals surface area (Å²) >= 11 is 0. The summed E-state index contributed by atoms with van der Waals surface area (Å²) in [6, 6.07) is 6.62. The molecule has 0 saturated heterocycles. The van der Waals surface area contributed by atoms with Crippen molar-refractivity contribution in [3.8, 4) is 0 Å². The van der Waals surface area contributed by atoms with Crippen LogP contribution in [0.15, 0.2) is 24.3 Å². The van der Waals surface area contributed by atoms with Crippen LogP contribution in [0.25, 0.3) is 0 Å². The van der Waals surface area contributed by atoms with E-state index in [2.05, 4.69) is 20.8 Å². The molecule has 0 amide bonds. The van der Waals surface area contributed by atoms with Gasteiger partial charge in [0.2, 0.25) is 0 Å². The Balaban J connectivity index is 2.54. The van der Waals surface area contributed by atoms with E-state index in [1.54, 1.807) is 0 Å². The van der Waals surface area contributed by atoms with Gasteiger partial charge >= 0.3 is 0 Å². The summed E-state index contributed by atoms with van der Waals surface area (Å²) in [5.41, 5.74) is 7.16. The molecule has 0 radical (unpaired) electrons. The molecule has 1 unspecified atom stereocenters. The van der Waals surface area contributed by atoms with Gasteiger partial charge in [0.25, 0.3) is 0 Å². The number of benzene rings is 1. The molecule has 0 spiro atoms. The summed E-state index contributed by atoms with van der Waals surface area (Å²) in [7, 11) is 0. The fourth-order valence-electron chi connectivity index (χ4n) is 1.78. The van der Waals surface area contributed by atoms with E-state index in [1.165, 1.54) is 12.1 Å². The van der Waals surface area contributed by atoms with Crippen LogP contribution in [0.3, 0.4) is 0 Å². The normalized spacial score (nSPS) is 15.1. The molecule has 2 N–H and O–H groups in total. The molecule has 16 heavy (non-hydrogen) atoms. The third-order valence-electron chi connectivity index (χ3n) is 2.81. The molecule has 0 bridgehead atoms. The average Bonchev–Trinajstić information content (AvgIpc) is 2.19. The second kappa shape index (κ2) is 5.44.